The van der Waals surface area contributed by atoms with E-state index in [1.54, 1.807) is 0 Å². The molecular formula is C84H69N3. The fourth-order valence-electron chi connectivity index (χ4n) is 12.1. The van der Waals surface area contributed by atoms with Crippen LogP contribution in [-0.4, -0.2) is 0 Å². The van der Waals surface area contributed by atoms with Crippen molar-refractivity contribution in [3.8, 4) is 66.8 Å². The molecule has 0 saturated carbocycles. The molecule has 0 aliphatic heterocycles. The van der Waals surface area contributed by atoms with Gasteiger partial charge in [-0.1, -0.05) is 252 Å². The van der Waals surface area contributed by atoms with Crippen molar-refractivity contribution < 1.29 is 0 Å². The molecule has 13 rings (SSSR count). The Labute approximate surface area is 514 Å². The summed E-state index contributed by atoms with van der Waals surface area (Å²) in [6, 6.07) is 114. The Bertz CT molecular complexity index is 3790. The Morgan fingerprint density at radius 2 is 0.287 bits per heavy atom. The van der Waals surface area contributed by atoms with Crippen LogP contribution in [0.25, 0.3) is 66.8 Å². The maximum absolute atomic E-state index is 2.42. The first-order valence-corrected chi connectivity index (χ1v) is 30.1. The van der Waals surface area contributed by atoms with Crippen LogP contribution in [0.4, 0.5) is 51.2 Å². The number of rotatable bonds is 15. The van der Waals surface area contributed by atoms with E-state index in [2.05, 4.69) is 366 Å². The summed E-state index contributed by atoms with van der Waals surface area (Å²) in [4.78, 5) is 7.27. The minimum atomic E-state index is 0.990. The average Bonchev–Trinajstić information content (AvgIpc) is 1.81. The molecule has 0 heterocycles. The van der Waals surface area contributed by atoms with Crippen LogP contribution in [0.15, 0.2) is 309 Å². The van der Waals surface area contributed by atoms with Crippen molar-refractivity contribution in [3.05, 3.63) is 343 Å². The highest BCUT2D eigenvalue weighted by molar-refractivity contribution is 5.91. The van der Waals surface area contributed by atoms with Crippen molar-refractivity contribution in [1.29, 1.82) is 0 Å². The molecule has 87 heavy (non-hydrogen) atoms. The summed E-state index contributed by atoms with van der Waals surface area (Å²) in [5, 5.41) is 0. The molecule has 0 N–H and O–H groups in total. The highest BCUT2D eigenvalue weighted by atomic mass is 15.2. The van der Waals surface area contributed by atoms with E-state index in [-0.39, 0.29) is 0 Å². The van der Waals surface area contributed by atoms with Gasteiger partial charge in [-0.2, -0.15) is 0 Å². The van der Waals surface area contributed by atoms with Crippen molar-refractivity contribution in [2.45, 2.75) is 41.5 Å². The molecule has 0 amide bonds. The molecule has 0 radical (unpaired) electrons. The van der Waals surface area contributed by atoms with Crippen molar-refractivity contribution in [2.24, 2.45) is 0 Å². The van der Waals surface area contributed by atoms with Gasteiger partial charge in [0, 0.05) is 34.1 Å². The Morgan fingerprint density at radius 3 is 0.425 bits per heavy atom. The van der Waals surface area contributed by atoms with Crippen molar-refractivity contribution in [3.63, 3.8) is 0 Å². The number of hydrogen-bond donors (Lipinski definition) is 0. The van der Waals surface area contributed by atoms with Gasteiger partial charge in [-0.05, 0) is 199 Å². The van der Waals surface area contributed by atoms with Gasteiger partial charge in [-0.3, -0.25) is 0 Å². The van der Waals surface area contributed by atoms with Crippen LogP contribution in [0.2, 0.25) is 0 Å². The molecule has 0 fully saturated rings. The summed E-state index contributed by atoms with van der Waals surface area (Å²) in [6.07, 6.45) is 0. The molecule has 13 aromatic carbocycles. The monoisotopic (exact) mass is 1120 g/mol. The highest BCUT2D eigenvalue weighted by Gasteiger charge is 2.24. The van der Waals surface area contributed by atoms with Gasteiger partial charge < -0.3 is 14.7 Å². The topological polar surface area (TPSA) is 9.72 Å². The molecular weight excluding hydrogens is 1050 g/mol. The maximum Gasteiger partial charge on any atom is 0.0503 e. The maximum atomic E-state index is 2.42. The van der Waals surface area contributed by atoms with Gasteiger partial charge in [0.15, 0.2) is 0 Å². The van der Waals surface area contributed by atoms with Gasteiger partial charge in [0.05, 0.1) is 17.1 Å². The summed E-state index contributed by atoms with van der Waals surface area (Å²) in [5.74, 6) is 0. The Hall–Kier alpha value is -10.7. The lowest BCUT2D eigenvalue weighted by Crippen LogP contribution is -2.16. The fraction of sp³-hybridized carbons (Fsp3) is 0.0714. The van der Waals surface area contributed by atoms with Crippen LogP contribution >= 0.6 is 0 Å². The zero-order chi connectivity index (χ0) is 59.4. The summed E-state index contributed by atoms with van der Waals surface area (Å²) in [7, 11) is 0. The lowest BCUT2D eigenvalue weighted by molar-refractivity contribution is 1.22. The third-order valence-electron chi connectivity index (χ3n) is 16.5. The van der Waals surface area contributed by atoms with Crippen molar-refractivity contribution >= 4 is 51.2 Å². The van der Waals surface area contributed by atoms with Crippen LogP contribution in [0, 0.1) is 41.5 Å². The first-order chi connectivity index (χ1) is 42.5. The number of nitrogens with zero attached hydrogens (tertiary/aromatic N) is 3. The third kappa shape index (κ3) is 12.3. The first kappa shape index (κ1) is 55.4. The Kier molecular flexibility index (Phi) is 15.6. The molecule has 420 valence electrons. The largest absolute Gasteiger partial charge is 0.310 e. The molecule has 3 nitrogen and oxygen atoms in total. The van der Waals surface area contributed by atoms with Crippen molar-refractivity contribution in [2.75, 3.05) is 14.7 Å². The molecule has 0 aliphatic rings. The van der Waals surface area contributed by atoms with E-state index in [0.29, 0.717) is 0 Å². The molecule has 0 spiro atoms. The van der Waals surface area contributed by atoms with Gasteiger partial charge >= 0.3 is 0 Å². The second-order valence-corrected chi connectivity index (χ2v) is 23.2. The predicted octanol–water partition coefficient (Wildman–Crippen LogP) is 23.9. The van der Waals surface area contributed by atoms with E-state index in [4.69, 9.17) is 0 Å². The van der Waals surface area contributed by atoms with Crippen LogP contribution in [0.3, 0.4) is 0 Å². The van der Waals surface area contributed by atoms with Gasteiger partial charge in [0.1, 0.15) is 0 Å². The number of aryl methyl sites for hydroxylation is 6. The Balaban J connectivity index is 1.05. The van der Waals surface area contributed by atoms with Gasteiger partial charge in [0.2, 0.25) is 0 Å². The van der Waals surface area contributed by atoms with E-state index in [9.17, 15) is 0 Å². The lowest BCUT2D eigenvalue weighted by Gasteiger charge is -2.33. The van der Waals surface area contributed by atoms with E-state index in [1.165, 1.54) is 66.8 Å². The van der Waals surface area contributed by atoms with Gasteiger partial charge in [-0.25, -0.2) is 0 Å². The average molecular weight is 1120 g/mol. The van der Waals surface area contributed by atoms with Crippen molar-refractivity contribution in [1.82, 2.24) is 0 Å². The minimum Gasteiger partial charge on any atom is -0.310 e. The second kappa shape index (κ2) is 24.5. The second-order valence-electron chi connectivity index (χ2n) is 23.2. The number of hydrogen-bond acceptors (Lipinski definition) is 3. The van der Waals surface area contributed by atoms with Gasteiger partial charge in [-0.15, -0.1) is 0 Å². The quantitative estimate of drug-likeness (QED) is 0.101. The van der Waals surface area contributed by atoms with E-state index < -0.39 is 0 Å². The molecule has 3 heteroatoms. The fourth-order valence-corrected chi connectivity index (χ4v) is 12.1. The molecule has 0 aliphatic carbocycles. The van der Waals surface area contributed by atoms with E-state index in [1.807, 2.05) is 0 Å². The lowest BCUT2D eigenvalue weighted by atomic mass is 10.0. The zero-order valence-corrected chi connectivity index (χ0v) is 50.3. The molecule has 0 aromatic heterocycles. The zero-order valence-electron chi connectivity index (χ0n) is 50.3. The van der Waals surface area contributed by atoms with Crippen LogP contribution in [0.1, 0.15) is 33.4 Å². The molecule has 0 atom stereocenters. The normalized spacial score (nSPS) is 11.1. The summed E-state index contributed by atoms with van der Waals surface area (Å²) >= 11 is 0. The standard InChI is InChI=1S/C84H69N3/c1-58-13-7-19-70(49-58)64-25-37-76(38-26-64)85(77-39-27-65(28-40-77)71-20-8-14-59(2)50-71)82-55-83(86(78-41-29-66(30-42-78)72-21-9-15-60(3)51-72)79-43-31-67(32-44-79)73-22-10-16-61(4)52-73)57-84(56-82)87(80-45-33-68(34-46-80)74-23-11-17-62(5)53-74)81-47-35-69(36-48-81)75-24-12-18-63(6)54-75/h7-57H,1-6H3. The smallest absolute Gasteiger partial charge is 0.0503 e. The molecule has 13 aromatic rings. The van der Waals surface area contributed by atoms with E-state index >= 15 is 0 Å². The Morgan fingerprint density at radius 1 is 0.138 bits per heavy atom. The molecule has 0 unspecified atom stereocenters. The predicted molar refractivity (Wildman–Crippen MR) is 372 cm³/mol. The summed E-state index contributed by atoms with van der Waals surface area (Å²) in [6.45, 7) is 12.9. The van der Waals surface area contributed by atoms with Crippen LogP contribution in [-0.2, 0) is 0 Å². The highest BCUT2D eigenvalue weighted by Crippen LogP contribution is 2.48. The summed E-state index contributed by atoms with van der Waals surface area (Å²) in [5.41, 5.74) is 30.7. The third-order valence-corrected chi connectivity index (χ3v) is 16.5. The number of anilines is 9. The first-order valence-electron chi connectivity index (χ1n) is 30.1. The summed E-state index contributed by atoms with van der Waals surface area (Å²) < 4.78 is 0. The number of benzene rings is 13. The minimum absolute atomic E-state index is 0.990. The van der Waals surface area contributed by atoms with E-state index in [0.717, 1.165) is 84.6 Å². The van der Waals surface area contributed by atoms with Gasteiger partial charge in [0.25, 0.3) is 0 Å². The van der Waals surface area contributed by atoms with Crippen LogP contribution < -0.4 is 14.7 Å². The SMILES string of the molecule is Cc1cccc(-c2ccc(N(c3ccc(-c4cccc(C)c4)cc3)c3cc(N(c4ccc(-c5cccc(C)c5)cc4)c4ccc(-c5cccc(C)c5)cc4)cc(N(c4ccc(-c5cccc(C)c5)cc4)c4ccc(-c5cccc(C)c5)cc4)c3)cc2)c1. The van der Waals surface area contributed by atoms with Crippen LogP contribution in [0.5, 0.6) is 0 Å². The molecule has 0 saturated heterocycles. The molecule has 0 bridgehead atoms.